The van der Waals surface area contributed by atoms with Crippen LogP contribution in [-0.2, 0) is 11.3 Å². The number of hydrogen-bond donors (Lipinski definition) is 1. The predicted octanol–water partition coefficient (Wildman–Crippen LogP) is 2.53. The SMILES string of the molecule is CCn1cc(C(O)C(OC)C2CCCCC2)cn1. The molecule has 0 amide bonds. The summed E-state index contributed by atoms with van der Waals surface area (Å²) in [6, 6.07) is 0. The van der Waals surface area contributed by atoms with E-state index < -0.39 is 6.10 Å². The summed E-state index contributed by atoms with van der Waals surface area (Å²) >= 11 is 0. The fourth-order valence-corrected chi connectivity index (χ4v) is 2.94. The van der Waals surface area contributed by atoms with Gasteiger partial charge in [-0.3, -0.25) is 4.68 Å². The highest BCUT2D eigenvalue weighted by Gasteiger charge is 2.31. The minimum atomic E-state index is -0.557. The first-order valence-electron chi connectivity index (χ1n) is 6.99. The Morgan fingerprint density at radius 1 is 1.44 bits per heavy atom. The van der Waals surface area contributed by atoms with Crippen LogP contribution in [0, 0.1) is 5.92 Å². The van der Waals surface area contributed by atoms with Crippen LogP contribution < -0.4 is 0 Å². The summed E-state index contributed by atoms with van der Waals surface area (Å²) < 4.78 is 7.40. The van der Waals surface area contributed by atoms with Gasteiger partial charge in [0, 0.05) is 25.4 Å². The zero-order valence-corrected chi connectivity index (χ0v) is 11.4. The Morgan fingerprint density at radius 3 is 2.72 bits per heavy atom. The monoisotopic (exact) mass is 252 g/mol. The maximum atomic E-state index is 10.5. The van der Waals surface area contributed by atoms with E-state index in [2.05, 4.69) is 5.10 Å². The quantitative estimate of drug-likeness (QED) is 0.876. The second-order valence-corrected chi connectivity index (χ2v) is 5.17. The summed E-state index contributed by atoms with van der Waals surface area (Å²) in [4.78, 5) is 0. The van der Waals surface area contributed by atoms with Crippen LogP contribution in [0.4, 0.5) is 0 Å². The summed E-state index contributed by atoms with van der Waals surface area (Å²) in [6.07, 6.45) is 9.17. The second kappa shape index (κ2) is 6.34. The number of nitrogens with zero attached hydrogens (tertiary/aromatic N) is 2. The molecule has 0 spiro atoms. The van der Waals surface area contributed by atoms with Crippen LogP contribution in [0.15, 0.2) is 12.4 Å². The first-order valence-corrected chi connectivity index (χ1v) is 6.99. The molecular weight excluding hydrogens is 228 g/mol. The molecule has 1 aliphatic carbocycles. The van der Waals surface area contributed by atoms with Gasteiger partial charge in [-0.05, 0) is 25.7 Å². The van der Waals surface area contributed by atoms with E-state index in [0.717, 1.165) is 24.9 Å². The molecule has 102 valence electrons. The molecule has 1 N–H and O–H groups in total. The molecule has 4 nitrogen and oxygen atoms in total. The molecule has 1 aliphatic rings. The third-order valence-corrected chi connectivity index (χ3v) is 4.02. The highest BCUT2D eigenvalue weighted by Crippen LogP contribution is 2.33. The standard InChI is InChI=1S/C14H24N2O2/c1-3-16-10-12(9-15-16)13(17)14(18-2)11-7-5-4-6-8-11/h9-11,13-14,17H,3-8H2,1-2H3. The lowest BCUT2D eigenvalue weighted by atomic mass is 9.82. The number of aliphatic hydroxyl groups excluding tert-OH is 1. The van der Waals surface area contributed by atoms with Gasteiger partial charge in [0.05, 0.1) is 12.3 Å². The van der Waals surface area contributed by atoms with Crippen molar-refractivity contribution in [3.8, 4) is 0 Å². The maximum Gasteiger partial charge on any atom is 0.108 e. The van der Waals surface area contributed by atoms with Crippen molar-refractivity contribution in [2.45, 2.75) is 57.8 Å². The molecule has 1 heterocycles. The number of aromatic nitrogens is 2. The van der Waals surface area contributed by atoms with E-state index in [9.17, 15) is 5.11 Å². The van der Waals surface area contributed by atoms with Crippen molar-refractivity contribution in [1.29, 1.82) is 0 Å². The number of aryl methyl sites for hydroxylation is 1. The Balaban J connectivity index is 2.06. The van der Waals surface area contributed by atoms with Gasteiger partial charge in [-0.1, -0.05) is 19.3 Å². The second-order valence-electron chi connectivity index (χ2n) is 5.17. The molecule has 1 aromatic rings. The minimum Gasteiger partial charge on any atom is -0.386 e. The molecule has 0 aromatic carbocycles. The summed E-state index contributed by atoms with van der Waals surface area (Å²) in [5.74, 6) is 0.476. The van der Waals surface area contributed by atoms with Crippen molar-refractivity contribution in [3.05, 3.63) is 18.0 Å². The van der Waals surface area contributed by atoms with Crippen LogP contribution in [0.1, 0.15) is 50.7 Å². The smallest absolute Gasteiger partial charge is 0.108 e. The number of rotatable bonds is 5. The largest absolute Gasteiger partial charge is 0.386 e. The van der Waals surface area contributed by atoms with Crippen molar-refractivity contribution in [3.63, 3.8) is 0 Å². The van der Waals surface area contributed by atoms with Crippen molar-refractivity contribution < 1.29 is 9.84 Å². The van der Waals surface area contributed by atoms with E-state index in [4.69, 9.17) is 4.74 Å². The highest BCUT2D eigenvalue weighted by atomic mass is 16.5. The molecule has 1 saturated carbocycles. The number of methoxy groups -OCH3 is 1. The van der Waals surface area contributed by atoms with Crippen LogP contribution in [0.2, 0.25) is 0 Å². The van der Waals surface area contributed by atoms with Crippen LogP contribution in [0.5, 0.6) is 0 Å². The van der Waals surface area contributed by atoms with E-state index in [1.54, 1.807) is 13.3 Å². The van der Waals surface area contributed by atoms with Crippen LogP contribution >= 0.6 is 0 Å². The Kier molecular flexibility index (Phi) is 4.78. The van der Waals surface area contributed by atoms with Crippen molar-refractivity contribution in [2.24, 2.45) is 5.92 Å². The zero-order valence-electron chi connectivity index (χ0n) is 11.4. The van der Waals surface area contributed by atoms with Crippen LogP contribution in [0.25, 0.3) is 0 Å². The van der Waals surface area contributed by atoms with E-state index >= 15 is 0 Å². The van der Waals surface area contributed by atoms with E-state index in [0.29, 0.717) is 5.92 Å². The summed E-state index contributed by atoms with van der Waals surface area (Å²) in [5, 5.41) is 14.7. The van der Waals surface area contributed by atoms with Crippen molar-refractivity contribution in [1.82, 2.24) is 9.78 Å². The molecular formula is C14H24N2O2. The predicted molar refractivity (Wildman–Crippen MR) is 70.2 cm³/mol. The van der Waals surface area contributed by atoms with Gasteiger partial charge < -0.3 is 9.84 Å². The van der Waals surface area contributed by atoms with Gasteiger partial charge >= 0.3 is 0 Å². The van der Waals surface area contributed by atoms with Crippen molar-refractivity contribution >= 4 is 0 Å². The summed E-state index contributed by atoms with van der Waals surface area (Å²) in [7, 11) is 1.70. The van der Waals surface area contributed by atoms with Gasteiger partial charge in [0.1, 0.15) is 6.10 Å². The lowest BCUT2D eigenvalue weighted by Crippen LogP contribution is -2.31. The molecule has 1 fully saturated rings. The molecule has 0 saturated heterocycles. The van der Waals surface area contributed by atoms with Gasteiger partial charge in [-0.15, -0.1) is 0 Å². The lowest BCUT2D eigenvalue weighted by molar-refractivity contribution is -0.0559. The molecule has 2 unspecified atom stereocenters. The number of aliphatic hydroxyl groups is 1. The Hall–Kier alpha value is -0.870. The molecule has 0 bridgehead atoms. The first kappa shape index (κ1) is 13.6. The normalized spacial score (nSPS) is 20.8. The molecule has 0 radical (unpaired) electrons. The van der Waals surface area contributed by atoms with Crippen LogP contribution in [-0.4, -0.2) is 28.1 Å². The van der Waals surface area contributed by atoms with Gasteiger partial charge in [-0.25, -0.2) is 0 Å². The van der Waals surface area contributed by atoms with Gasteiger partial charge in [-0.2, -0.15) is 5.10 Å². The highest BCUT2D eigenvalue weighted by molar-refractivity contribution is 5.10. The van der Waals surface area contributed by atoms with E-state index in [-0.39, 0.29) is 6.10 Å². The molecule has 1 aromatic heterocycles. The molecule has 4 heteroatoms. The summed E-state index contributed by atoms with van der Waals surface area (Å²) in [5.41, 5.74) is 0.870. The van der Waals surface area contributed by atoms with E-state index in [1.807, 2.05) is 17.8 Å². The molecule has 0 aliphatic heterocycles. The molecule has 2 atom stereocenters. The first-order chi connectivity index (χ1) is 8.76. The summed E-state index contributed by atoms with van der Waals surface area (Å²) in [6.45, 7) is 2.87. The lowest BCUT2D eigenvalue weighted by Gasteiger charge is -2.32. The van der Waals surface area contributed by atoms with Gasteiger partial charge in [0.15, 0.2) is 0 Å². The Labute approximate surface area is 109 Å². The fraction of sp³-hybridized carbons (Fsp3) is 0.786. The average molecular weight is 252 g/mol. The maximum absolute atomic E-state index is 10.5. The van der Waals surface area contributed by atoms with Gasteiger partial charge in [0.25, 0.3) is 0 Å². The van der Waals surface area contributed by atoms with Crippen LogP contribution in [0.3, 0.4) is 0 Å². The number of hydrogen-bond acceptors (Lipinski definition) is 3. The third-order valence-electron chi connectivity index (χ3n) is 4.02. The minimum absolute atomic E-state index is 0.0974. The zero-order chi connectivity index (χ0) is 13.0. The van der Waals surface area contributed by atoms with Gasteiger partial charge in [0.2, 0.25) is 0 Å². The molecule has 2 rings (SSSR count). The van der Waals surface area contributed by atoms with Crippen molar-refractivity contribution in [2.75, 3.05) is 7.11 Å². The van der Waals surface area contributed by atoms with E-state index in [1.165, 1.54) is 19.3 Å². The fourth-order valence-electron chi connectivity index (χ4n) is 2.94. The Morgan fingerprint density at radius 2 is 2.17 bits per heavy atom. The molecule has 18 heavy (non-hydrogen) atoms. The topological polar surface area (TPSA) is 47.3 Å². The third kappa shape index (κ3) is 2.93. The average Bonchev–Trinajstić information content (AvgIpc) is 2.89. The number of ether oxygens (including phenoxy) is 1. The Bertz CT molecular complexity index is 358.